The molecule has 0 amide bonds. The summed E-state index contributed by atoms with van der Waals surface area (Å²) in [6.07, 6.45) is 8.98. The first-order valence-corrected chi connectivity index (χ1v) is 7.99. The second kappa shape index (κ2) is 5.51. The van der Waals surface area contributed by atoms with Crippen LogP contribution in [-0.2, 0) is 4.74 Å². The molecule has 1 aromatic heterocycles. The number of ether oxygens (including phenoxy) is 1. The van der Waals surface area contributed by atoms with Crippen LogP contribution in [0.4, 0.5) is 0 Å². The van der Waals surface area contributed by atoms with Crippen molar-refractivity contribution < 1.29 is 4.74 Å². The molecule has 19 heavy (non-hydrogen) atoms. The lowest BCUT2D eigenvalue weighted by Crippen LogP contribution is -2.41. The van der Waals surface area contributed by atoms with Gasteiger partial charge in [-0.15, -0.1) is 0 Å². The fourth-order valence-corrected chi connectivity index (χ4v) is 4.13. The standard InChI is InChI=1S/C15H21BrN2O/c16-12-4-3-8-18-14(12)13(17)11-5-9-19-15(10-11)6-1-2-7-15/h3-4,8,11,13H,1-2,5-7,9-10,17H2. The largest absolute Gasteiger partial charge is 0.375 e. The molecule has 2 unspecified atom stereocenters. The number of nitrogens with zero attached hydrogens (tertiary/aromatic N) is 1. The third kappa shape index (κ3) is 2.71. The lowest BCUT2D eigenvalue weighted by atomic mass is 9.80. The number of nitrogens with two attached hydrogens (primary N) is 1. The van der Waals surface area contributed by atoms with E-state index in [1.807, 2.05) is 18.3 Å². The Morgan fingerprint density at radius 3 is 2.95 bits per heavy atom. The first kappa shape index (κ1) is 13.5. The van der Waals surface area contributed by atoms with Crippen LogP contribution in [0.3, 0.4) is 0 Å². The van der Waals surface area contributed by atoms with Crippen molar-refractivity contribution in [2.24, 2.45) is 11.7 Å². The highest BCUT2D eigenvalue weighted by atomic mass is 79.9. The fourth-order valence-electron chi connectivity index (χ4n) is 3.61. The summed E-state index contributed by atoms with van der Waals surface area (Å²) in [5, 5.41) is 0. The molecule has 1 saturated carbocycles. The third-order valence-electron chi connectivity index (χ3n) is 4.66. The van der Waals surface area contributed by atoms with E-state index in [2.05, 4.69) is 20.9 Å². The molecule has 0 bridgehead atoms. The van der Waals surface area contributed by atoms with Crippen LogP contribution in [-0.4, -0.2) is 17.2 Å². The van der Waals surface area contributed by atoms with Gasteiger partial charge in [0.1, 0.15) is 0 Å². The van der Waals surface area contributed by atoms with Crippen molar-refractivity contribution in [1.29, 1.82) is 0 Å². The average molecular weight is 325 g/mol. The van der Waals surface area contributed by atoms with E-state index in [-0.39, 0.29) is 11.6 Å². The lowest BCUT2D eigenvalue weighted by molar-refractivity contribution is -0.0965. The highest BCUT2D eigenvalue weighted by molar-refractivity contribution is 9.10. The van der Waals surface area contributed by atoms with E-state index in [4.69, 9.17) is 10.5 Å². The zero-order valence-electron chi connectivity index (χ0n) is 11.1. The number of rotatable bonds is 2. The van der Waals surface area contributed by atoms with Crippen LogP contribution in [0.15, 0.2) is 22.8 Å². The third-order valence-corrected chi connectivity index (χ3v) is 5.33. The van der Waals surface area contributed by atoms with Crippen LogP contribution in [0.25, 0.3) is 0 Å². The molecular formula is C15H21BrN2O. The maximum Gasteiger partial charge on any atom is 0.0715 e. The van der Waals surface area contributed by atoms with E-state index in [1.54, 1.807) is 0 Å². The fraction of sp³-hybridized carbons (Fsp3) is 0.667. The van der Waals surface area contributed by atoms with Gasteiger partial charge < -0.3 is 10.5 Å². The van der Waals surface area contributed by atoms with Gasteiger partial charge in [-0.1, -0.05) is 12.8 Å². The SMILES string of the molecule is NC(c1ncccc1Br)C1CCOC2(CCCC2)C1. The van der Waals surface area contributed by atoms with Gasteiger partial charge >= 0.3 is 0 Å². The number of halogens is 1. The molecule has 2 atom stereocenters. The van der Waals surface area contributed by atoms with Gasteiger partial charge in [-0.3, -0.25) is 4.98 Å². The van der Waals surface area contributed by atoms with Gasteiger partial charge in [0.2, 0.25) is 0 Å². The van der Waals surface area contributed by atoms with E-state index in [0.717, 1.165) is 29.6 Å². The van der Waals surface area contributed by atoms with Gasteiger partial charge in [0.05, 0.1) is 17.3 Å². The van der Waals surface area contributed by atoms with E-state index >= 15 is 0 Å². The quantitative estimate of drug-likeness (QED) is 0.904. The van der Waals surface area contributed by atoms with Crippen LogP contribution in [0, 0.1) is 5.92 Å². The Morgan fingerprint density at radius 1 is 1.42 bits per heavy atom. The van der Waals surface area contributed by atoms with Crippen LogP contribution in [0.2, 0.25) is 0 Å². The maximum absolute atomic E-state index is 6.47. The molecule has 1 aliphatic heterocycles. The summed E-state index contributed by atoms with van der Waals surface area (Å²) in [6, 6.07) is 3.97. The van der Waals surface area contributed by atoms with Crippen molar-refractivity contribution in [2.75, 3.05) is 6.61 Å². The summed E-state index contributed by atoms with van der Waals surface area (Å²) in [4.78, 5) is 4.46. The average Bonchev–Trinajstić information content (AvgIpc) is 2.86. The minimum absolute atomic E-state index is 0.0111. The summed E-state index contributed by atoms with van der Waals surface area (Å²) in [5.41, 5.74) is 7.59. The van der Waals surface area contributed by atoms with Gasteiger partial charge in [-0.25, -0.2) is 0 Å². The van der Waals surface area contributed by atoms with E-state index in [0.29, 0.717) is 5.92 Å². The molecule has 2 aliphatic rings. The highest BCUT2D eigenvalue weighted by Crippen LogP contribution is 2.45. The van der Waals surface area contributed by atoms with Crippen molar-refractivity contribution in [3.05, 3.63) is 28.5 Å². The summed E-state index contributed by atoms with van der Waals surface area (Å²) in [6.45, 7) is 0.850. The molecule has 3 nitrogen and oxygen atoms in total. The van der Waals surface area contributed by atoms with Crippen molar-refractivity contribution in [3.63, 3.8) is 0 Å². The smallest absolute Gasteiger partial charge is 0.0715 e. The van der Waals surface area contributed by atoms with Gasteiger partial charge in [0.25, 0.3) is 0 Å². The monoisotopic (exact) mass is 324 g/mol. The van der Waals surface area contributed by atoms with Crippen LogP contribution in [0.5, 0.6) is 0 Å². The predicted molar refractivity (Wildman–Crippen MR) is 78.7 cm³/mol. The Hall–Kier alpha value is -0.450. The summed E-state index contributed by atoms with van der Waals surface area (Å²) in [7, 11) is 0. The molecule has 2 heterocycles. The highest BCUT2D eigenvalue weighted by Gasteiger charge is 2.41. The Morgan fingerprint density at radius 2 is 2.21 bits per heavy atom. The second-order valence-electron chi connectivity index (χ2n) is 5.89. The first-order chi connectivity index (χ1) is 9.20. The minimum atomic E-state index is 0.0111. The number of pyridine rings is 1. The Bertz CT molecular complexity index is 446. The number of aromatic nitrogens is 1. The molecule has 0 radical (unpaired) electrons. The molecular weight excluding hydrogens is 304 g/mol. The van der Waals surface area contributed by atoms with Crippen LogP contribution in [0.1, 0.15) is 50.3 Å². The van der Waals surface area contributed by atoms with Gasteiger partial charge in [0.15, 0.2) is 0 Å². The molecule has 2 N–H and O–H groups in total. The Kier molecular flexibility index (Phi) is 3.92. The number of hydrogen-bond acceptors (Lipinski definition) is 3. The van der Waals surface area contributed by atoms with Gasteiger partial charge in [-0.05, 0) is 59.7 Å². The predicted octanol–water partition coefficient (Wildman–Crippen LogP) is 3.58. The van der Waals surface area contributed by atoms with E-state index in [9.17, 15) is 0 Å². The van der Waals surface area contributed by atoms with Crippen molar-refractivity contribution in [1.82, 2.24) is 4.98 Å². The number of hydrogen-bond donors (Lipinski definition) is 1. The molecule has 0 aromatic carbocycles. The molecule has 2 fully saturated rings. The molecule has 1 spiro atoms. The molecule has 104 valence electrons. The zero-order valence-corrected chi connectivity index (χ0v) is 12.7. The normalized spacial score (nSPS) is 27.6. The maximum atomic E-state index is 6.47. The molecule has 1 saturated heterocycles. The molecule has 1 aromatic rings. The minimum Gasteiger partial charge on any atom is -0.375 e. The van der Waals surface area contributed by atoms with Gasteiger partial charge in [0, 0.05) is 17.3 Å². The summed E-state index contributed by atoms with van der Waals surface area (Å²) < 4.78 is 7.11. The van der Waals surface area contributed by atoms with Crippen molar-refractivity contribution >= 4 is 15.9 Å². The molecule has 4 heteroatoms. The molecule has 1 aliphatic carbocycles. The summed E-state index contributed by atoms with van der Waals surface area (Å²) in [5.74, 6) is 0.484. The Labute approximate surface area is 123 Å². The van der Waals surface area contributed by atoms with E-state index < -0.39 is 0 Å². The van der Waals surface area contributed by atoms with E-state index in [1.165, 1.54) is 25.7 Å². The molecule has 3 rings (SSSR count). The lowest BCUT2D eigenvalue weighted by Gasteiger charge is -2.40. The van der Waals surface area contributed by atoms with Crippen LogP contribution >= 0.6 is 15.9 Å². The summed E-state index contributed by atoms with van der Waals surface area (Å²) >= 11 is 3.56. The van der Waals surface area contributed by atoms with Crippen molar-refractivity contribution in [2.45, 2.75) is 50.2 Å². The van der Waals surface area contributed by atoms with Gasteiger partial charge in [-0.2, -0.15) is 0 Å². The first-order valence-electron chi connectivity index (χ1n) is 7.20. The van der Waals surface area contributed by atoms with Crippen molar-refractivity contribution in [3.8, 4) is 0 Å². The topological polar surface area (TPSA) is 48.1 Å². The Balaban J connectivity index is 1.76. The second-order valence-corrected chi connectivity index (χ2v) is 6.74. The zero-order chi connectivity index (χ0) is 13.3. The van der Waals surface area contributed by atoms with Crippen LogP contribution < -0.4 is 5.73 Å².